The van der Waals surface area contributed by atoms with Crippen molar-refractivity contribution in [2.45, 2.75) is 23.2 Å². The maximum atomic E-state index is 11.3. The van der Waals surface area contributed by atoms with Crippen LogP contribution in [-0.4, -0.2) is 84.4 Å². The van der Waals surface area contributed by atoms with Crippen LogP contribution >= 0.6 is 0 Å². The maximum absolute atomic E-state index is 11.3. The summed E-state index contributed by atoms with van der Waals surface area (Å²) < 4.78 is 68.5. The Bertz CT molecular complexity index is 1030. The van der Waals surface area contributed by atoms with Crippen LogP contribution in [0.5, 0.6) is 0 Å². The molecule has 0 bridgehead atoms. The van der Waals surface area contributed by atoms with E-state index in [-0.39, 0.29) is 68.4 Å². The Morgan fingerprint density at radius 2 is 1.64 bits per heavy atom. The number of ether oxygens (including phenoxy) is 1. The molecular formula is C10H15KN5O10S2+. The first-order chi connectivity index (χ1) is 12.4. The molecule has 2 heterocycles. The molecule has 0 aliphatic heterocycles. The molecule has 2 rings (SSSR count). The number of hydrogen-bond donors (Lipinski definition) is 6. The Labute approximate surface area is 200 Å². The molecule has 0 spiro atoms. The summed E-state index contributed by atoms with van der Waals surface area (Å²) in [5, 5.41) is 28.7. The number of rotatable bonds is 8. The first-order valence-corrected chi connectivity index (χ1v) is 9.86. The van der Waals surface area contributed by atoms with Gasteiger partial charge in [0.2, 0.25) is 10.9 Å². The third-order valence-corrected chi connectivity index (χ3v) is 5.08. The molecule has 0 fully saturated rings. The number of anilines is 1. The van der Waals surface area contributed by atoms with Gasteiger partial charge in [-0.15, -0.1) is 0 Å². The van der Waals surface area contributed by atoms with Gasteiger partial charge >= 0.3 is 51.4 Å². The van der Waals surface area contributed by atoms with E-state index in [9.17, 15) is 32.2 Å². The fourth-order valence-electron chi connectivity index (χ4n) is 2.04. The number of aliphatic hydroxyl groups excluding tert-OH is 3. The molecule has 18 heteroatoms. The minimum Gasteiger partial charge on any atom is -0.394 e. The van der Waals surface area contributed by atoms with Gasteiger partial charge in [0, 0.05) is 0 Å². The molecule has 0 aliphatic carbocycles. The summed E-state index contributed by atoms with van der Waals surface area (Å²) in [6.07, 6.45) is -2.45. The van der Waals surface area contributed by atoms with E-state index in [0.29, 0.717) is 0 Å². The monoisotopic (exact) mass is 468 g/mol. The van der Waals surface area contributed by atoms with Gasteiger partial charge in [-0.05, 0) is 0 Å². The van der Waals surface area contributed by atoms with Crippen LogP contribution in [0.4, 0.5) is 5.82 Å². The van der Waals surface area contributed by atoms with Gasteiger partial charge in [-0.1, -0.05) is 0 Å². The van der Waals surface area contributed by atoms with Crippen LogP contribution in [0.25, 0.3) is 11.2 Å². The molecule has 7 N–H and O–H groups in total. The van der Waals surface area contributed by atoms with Crippen LogP contribution in [0.15, 0.2) is 12.7 Å². The SMILES string of the molecule is Nc1ncnc2c1ncn2C(OC(CO)C(O)S(=O)(=O)O)C(O)S(=O)(=O)O.[K+]. The zero-order valence-corrected chi connectivity index (χ0v) is 18.9. The van der Waals surface area contributed by atoms with Gasteiger partial charge in [-0.25, -0.2) is 15.0 Å². The number of fused-ring (bicyclic) bond motifs is 1. The van der Waals surface area contributed by atoms with Crippen molar-refractivity contribution in [3.63, 3.8) is 0 Å². The van der Waals surface area contributed by atoms with Crippen LogP contribution in [-0.2, 0) is 25.0 Å². The van der Waals surface area contributed by atoms with Crippen molar-refractivity contribution in [3.05, 3.63) is 12.7 Å². The molecule has 4 unspecified atom stereocenters. The largest absolute Gasteiger partial charge is 1.00 e. The molecular weight excluding hydrogens is 453 g/mol. The predicted molar refractivity (Wildman–Crippen MR) is 85.8 cm³/mol. The molecule has 28 heavy (non-hydrogen) atoms. The smallest absolute Gasteiger partial charge is 0.394 e. The van der Waals surface area contributed by atoms with Gasteiger partial charge < -0.3 is 25.8 Å². The summed E-state index contributed by atoms with van der Waals surface area (Å²) in [5.74, 6) is -0.129. The molecule has 15 nitrogen and oxygen atoms in total. The van der Waals surface area contributed by atoms with Crippen LogP contribution in [0, 0.1) is 0 Å². The van der Waals surface area contributed by atoms with Gasteiger partial charge in [0.1, 0.15) is 17.9 Å². The number of aromatic nitrogens is 4. The Morgan fingerprint density at radius 1 is 1.07 bits per heavy atom. The quantitative estimate of drug-likeness (QED) is 0.156. The normalized spacial score (nSPS) is 16.9. The standard InChI is InChI=1S/C10H15N5O10S2.K/c11-6-5-7(13-2-12-6)15(3-14-5)8(10(18)27(22,23)24)25-4(1-16)9(17)26(19,20)21;/h2-4,8-10,16-18H,1H2,(H2,11,12,13)(H,19,20,21)(H,22,23,24);/q;+1. The number of nitrogen functional groups attached to an aromatic ring is 1. The molecule has 0 aromatic carbocycles. The van der Waals surface area contributed by atoms with Gasteiger partial charge in [0.15, 0.2) is 17.7 Å². The topological polar surface area (TPSA) is 248 Å². The number of imidazole rings is 1. The second-order valence-electron chi connectivity index (χ2n) is 5.14. The zero-order chi connectivity index (χ0) is 20.6. The van der Waals surface area contributed by atoms with Gasteiger partial charge in [0.05, 0.1) is 12.9 Å². The molecule has 0 saturated heterocycles. The van der Waals surface area contributed by atoms with Crippen LogP contribution in [0.2, 0.25) is 0 Å². The molecule has 2 aromatic heterocycles. The summed E-state index contributed by atoms with van der Waals surface area (Å²) in [7, 11) is -10.3. The molecule has 4 atom stereocenters. The minimum absolute atomic E-state index is 0. The van der Waals surface area contributed by atoms with Gasteiger partial charge in [-0.3, -0.25) is 13.7 Å². The van der Waals surface area contributed by atoms with Crippen molar-refractivity contribution in [1.29, 1.82) is 0 Å². The molecule has 0 aliphatic rings. The molecule has 2 aromatic rings. The van der Waals surface area contributed by atoms with Crippen LogP contribution < -0.4 is 57.1 Å². The van der Waals surface area contributed by atoms with E-state index in [2.05, 4.69) is 15.0 Å². The van der Waals surface area contributed by atoms with E-state index < -0.39 is 50.0 Å². The van der Waals surface area contributed by atoms with Gasteiger partial charge in [-0.2, -0.15) is 16.8 Å². The Balaban J connectivity index is 0.00000392. The first kappa shape index (κ1) is 25.7. The van der Waals surface area contributed by atoms with E-state index in [4.69, 9.17) is 19.6 Å². The number of hydrogen-bond acceptors (Lipinski definition) is 12. The van der Waals surface area contributed by atoms with E-state index in [1.807, 2.05) is 0 Å². The van der Waals surface area contributed by atoms with Crippen molar-refractivity contribution in [2.24, 2.45) is 0 Å². The maximum Gasteiger partial charge on any atom is 1.00 e. The number of aliphatic hydroxyl groups is 3. The molecule has 0 amide bonds. The fraction of sp³-hybridized carbons (Fsp3) is 0.500. The fourth-order valence-corrected chi connectivity index (χ4v) is 3.07. The van der Waals surface area contributed by atoms with Crippen molar-refractivity contribution < 1.29 is 97.4 Å². The second-order valence-corrected chi connectivity index (χ2v) is 8.17. The Hall–Kier alpha value is -0.354. The van der Waals surface area contributed by atoms with Crippen LogP contribution in [0.1, 0.15) is 6.23 Å². The van der Waals surface area contributed by atoms with Crippen molar-refractivity contribution in [1.82, 2.24) is 19.5 Å². The van der Waals surface area contributed by atoms with E-state index in [1.165, 1.54) is 0 Å². The van der Waals surface area contributed by atoms with E-state index >= 15 is 0 Å². The Morgan fingerprint density at radius 3 is 2.14 bits per heavy atom. The van der Waals surface area contributed by atoms with Crippen molar-refractivity contribution in [3.8, 4) is 0 Å². The summed E-state index contributed by atoms with van der Waals surface area (Å²) in [6, 6.07) is 0. The van der Waals surface area contributed by atoms with E-state index in [1.54, 1.807) is 0 Å². The van der Waals surface area contributed by atoms with Crippen molar-refractivity contribution >= 4 is 37.2 Å². The average Bonchev–Trinajstić information content (AvgIpc) is 2.98. The molecule has 152 valence electrons. The first-order valence-electron chi connectivity index (χ1n) is 6.86. The summed E-state index contributed by atoms with van der Waals surface area (Å²) in [5.41, 5.74) is -0.0930. The van der Waals surface area contributed by atoms with Gasteiger partial charge in [0.25, 0.3) is 20.2 Å². The molecule has 0 radical (unpaired) electrons. The Kier molecular flexibility index (Phi) is 8.84. The van der Waals surface area contributed by atoms with Crippen molar-refractivity contribution in [2.75, 3.05) is 12.3 Å². The minimum atomic E-state index is -5.19. The third kappa shape index (κ3) is 5.62. The molecule has 0 saturated carbocycles. The van der Waals surface area contributed by atoms with Crippen LogP contribution in [0.3, 0.4) is 0 Å². The summed E-state index contributed by atoms with van der Waals surface area (Å²) >= 11 is 0. The third-order valence-electron chi connectivity index (χ3n) is 3.33. The second kappa shape index (κ2) is 9.64. The summed E-state index contributed by atoms with van der Waals surface area (Å²) in [4.78, 5) is 11.2. The predicted octanol–water partition coefficient (Wildman–Crippen LogP) is -6.30. The van der Waals surface area contributed by atoms with E-state index in [0.717, 1.165) is 17.2 Å². The number of nitrogens with zero attached hydrogens (tertiary/aromatic N) is 4. The number of nitrogens with two attached hydrogens (primary N) is 1. The summed E-state index contributed by atoms with van der Waals surface area (Å²) in [6.45, 7) is -1.22. The zero-order valence-electron chi connectivity index (χ0n) is 14.1. The average molecular weight is 468 g/mol.